The Labute approximate surface area is 149 Å². The van der Waals surface area contributed by atoms with Crippen LogP contribution in [-0.4, -0.2) is 51.8 Å². The topological polar surface area (TPSA) is 101 Å². The first-order valence-corrected chi connectivity index (χ1v) is 8.36. The van der Waals surface area contributed by atoms with Crippen LogP contribution in [0.1, 0.15) is 17.4 Å². The second-order valence-electron chi connectivity index (χ2n) is 5.98. The highest BCUT2D eigenvalue weighted by molar-refractivity contribution is 5.96. The summed E-state index contributed by atoms with van der Waals surface area (Å²) >= 11 is 0. The van der Waals surface area contributed by atoms with Crippen molar-refractivity contribution in [3.8, 4) is 11.5 Å². The minimum absolute atomic E-state index is 0.0870. The number of nitrogens with zero attached hydrogens (tertiary/aromatic N) is 3. The van der Waals surface area contributed by atoms with Crippen molar-refractivity contribution in [3.05, 3.63) is 42.4 Å². The van der Waals surface area contributed by atoms with Crippen LogP contribution in [0.25, 0.3) is 11.0 Å². The van der Waals surface area contributed by atoms with E-state index in [0.717, 1.165) is 11.5 Å². The molecule has 134 valence electrons. The molecule has 3 aromatic rings. The Morgan fingerprint density at radius 2 is 2.15 bits per heavy atom. The van der Waals surface area contributed by atoms with E-state index in [1.807, 2.05) is 36.1 Å². The van der Waals surface area contributed by atoms with Crippen molar-refractivity contribution >= 4 is 22.8 Å². The molecule has 0 saturated carbocycles. The van der Waals surface area contributed by atoms with Crippen molar-refractivity contribution in [3.63, 3.8) is 0 Å². The molecular formula is C18H18N4O4. The number of carboxylic acid groups (broad SMARTS) is 1. The maximum atomic E-state index is 11.2. The van der Waals surface area contributed by atoms with Crippen LogP contribution in [0.2, 0.25) is 0 Å². The molecule has 1 atom stereocenters. The molecule has 8 heteroatoms. The number of anilines is 1. The second kappa shape index (κ2) is 6.55. The quantitative estimate of drug-likeness (QED) is 0.725. The van der Waals surface area contributed by atoms with E-state index in [9.17, 15) is 9.90 Å². The number of H-pyrrole nitrogens is 1. The highest BCUT2D eigenvalue weighted by Crippen LogP contribution is 2.32. The molecule has 1 unspecified atom stereocenters. The van der Waals surface area contributed by atoms with Gasteiger partial charge in [0, 0.05) is 6.54 Å². The van der Waals surface area contributed by atoms with Crippen molar-refractivity contribution < 1.29 is 19.4 Å². The fourth-order valence-corrected chi connectivity index (χ4v) is 3.06. The number of likely N-dealkylation sites (N-methyl/N-ethyl adjacent to an activating group) is 1. The zero-order valence-electron chi connectivity index (χ0n) is 14.2. The molecular weight excluding hydrogens is 336 g/mol. The van der Waals surface area contributed by atoms with Gasteiger partial charge in [-0.15, -0.1) is 0 Å². The molecule has 0 aliphatic carbocycles. The molecule has 0 fully saturated rings. The number of hydrogen-bond acceptors (Lipinski definition) is 6. The van der Waals surface area contributed by atoms with Crippen molar-refractivity contribution in [2.75, 3.05) is 24.6 Å². The maximum Gasteiger partial charge on any atom is 0.352 e. The summed E-state index contributed by atoms with van der Waals surface area (Å²) in [5.74, 6) is 1.11. The lowest BCUT2D eigenvalue weighted by Gasteiger charge is -2.31. The lowest BCUT2D eigenvalue weighted by molar-refractivity contribution is 0.0691. The number of carbonyl (C=O) groups is 1. The SMILES string of the molecule is CCN(CC1COc2ccccc2O1)c1ncnc2[nH]c(C(=O)O)cc12. The summed E-state index contributed by atoms with van der Waals surface area (Å²) in [4.78, 5) is 24.5. The minimum Gasteiger partial charge on any atom is -0.486 e. The number of para-hydroxylation sites is 2. The van der Waals surface area contributed by atoms with Gasteiger partial charge in [0.2, 0.25) is 0 Å². The Balaban J connectivity index is 1.60. The number of benzene rings is 1. The third-order valence-corrected chi connectivity index (χ3v) is 4.31. The summed E-state index contributed by atoms with van der Waals surface area (Å²) in [5.41, 5.74) is 0.584. The zero-order chi connectivity index (χ0) is 18.1. The zero-order valence-corrected chi connectivity index (χ0v) is 14.2. The number of aromatic carboxylic acids is 1. The van der Waals surface area contributed by atoms with Crippen LogP contribution in [-0.2, 0) is 0 Å². The lowest BCUT2D eigenvalue weighted by Crippen LogP contribution is -2.41. The molecule has 2 N–H and O–H groups in total. The van der Waals surface area contributed by atoms with Crippen LogP contribution in [0.4, 0.5) is 5.82 Å². The van der Waals surface area contributed by atoms with Gasteiger partial charge in [0.1, 0.15) is 30.1 Å². The van der Waals surface area contributed by atoms with Gasteiger partial charge in [0.05, 0.1) is 11.9 Å². The van der Waals surface area contributed by atoms with E-state index >= 15 is 0 Å². The smallest absolute Gasteiger partial charge is 0.352 e. The Kier molecular flexibility index (Phi) is 4.08. The predicted molar refractivity (Wildman–Crippen MR) is 95.1 cm³/mol. The molecule has 0 saturated heterocycles. The van der Waals surface area contributed by atoms with E-state index in [1.165, 1.54) is 6.33 Å². The standard InChI is InChI=1S/C18H18N4O4/c1-2-22(8-11-9-25-14-5-3-4-6-15(14)26-11)17-12-7-13(18(23)24)21-16(12)19-10-20-17/h3-7,10-11H,2,8-9H2,1H3,(H,23,24)(H,19,20,21). The number of hydrogen-bond donors (Lipinski definition) is 2. The number of carboxylic acids is 1. The highest BCUT2D eigenvalue weighted by atomic mass is 16.6. The Hall–Kier alpha value is -3.29. The summed E-state index contributed by atoms with van der Waals surface area (Å²) in [6, 6.07) is 9.13. The molecule has 1 aliphatic rings. The molecule has 3 heterocycles. The van der Waals surface area contributed by atoms with E-state index in [1.54, 1.807) is 6.07 Å². The van der Waals surface area contributed by atoms with Crippen molar-refractivity contribution in [1.82, 2.24) is 15.0 Å². The van der Waals surface area contributed by atoms with Gasteiger partial charge >= 0.3 is 5.97 Å². The molecule has 26 heavy (non-hydrogen) atoms. The van der Waals surface area contributed by atoms with E-state index in [-0.39, 0.29) is 11.8 Å². The minimum atomic E-state index is -1.03. The number of aromatic amines is 1. The van der Waals surface area contributed by atoms with Gasteiger partial charge in [-0.3, -0.25) is 0 Å². The normalized spacial score (nSPS) is 15.8. The second-order valence-corrected chi connectivity index (χ2v) is 5.98. The summed E-state index contributed by atoms with van der Waals surface area (Å²) in [6.45, 7) is 3.69. The molecule has 1 aliphatic heterocycles. The van der Waals surface area contributed by atoms with Gasteiger partial charge in [0.25, 0.3) is 0 Å². The first-order chi connectivity index (χ1) is 12.7. The monoisotopic (exact) mass is 354 g/mol. The molecule has 2 aromatic heterocycles. The number of rotatable bonds is 5. The van der Waals surface area contributed by atoms with Gasteiger partial charge in [0.15, 0.2) is 17.6 Å². The fourth-order valence-electron chi connectivity index (χ4n) is 3.06. The largest absolute Gasteiger partial charge is 0.486 e. The molecule has 0 amide bonds. The number of ether oxygens (including phenoxy) is 2. The van der Waals surface area contributed by atoms with Crippen LogP contribution >= 0.6 is 0 Å². The highest BCUT2D eigenvalue weighted by Gasteiger charge is 2.24. The predicted octanol–water partition coefficient (Wildman–Crippen LogP) is 2.32. The number of aromatic nitrogens is 3. The number of nitrogens with one attached hydrogen (secondary N) is 1. The summed E-state index contributed by atoms with van der Waals surface area (Å²) < 4.78 is 11.8. The molecule has 4 rings (SSSR count). The third kappa shape index (κ3) is 2.90. The molecule has 0 spiro atoms. The van der Waals surface area contributed by atoms with Crippen LogP contribution < -0.4 is 14.4 Å². The van der Waals surface area contributed by atoms with Crippen LogP contribution in [0, 0.1) is 0 Å². The summed E-state index contributed by atoms with van der Waals surface area (Å²) in [6.07, 6.45) is 1.27. The lowest BCUT2D eigenvalue weighted by atomic mass is 10.2. The third-order valence-electron chi connectivity index (χ3n) is 4.31. The Bertz CT molecular complexity index is 955. The van der Waals surface area contributed by atoms with Crippen molar-refractivity contribution in [2.45, 2.75) is 13.0 Å². The van der Waals surface area contributed by atoms with Crippen molar-refractivity contribution in [1.29, 1.82) is 0 Å². The van der Waals surface area contributed by atoms with Crippen molar-refractivity contribution in [2.24, 2.45) is 0 Å². The maximum absolute atomic E-state index is 11.2. The van der Waals surface area contributed by atoms with E-state index in [2.05, 4.69) is 15.0 Å². The van der Waals surface area contributed by atoms with E-state index in [4.69, 9.17) is 9.47 Å². The Morgan fingerprint density at radius 3 is 2.92 bits per heavy atom. The van der Waals surface area contributed by atoms with Gasteiger partial charge in [-0.25, -0.2) is 14.8 Å². The summed E-state index contributed by atoms with van der Waals surface area (Å²) in [5, 5.41) is 9.87. The Morgan fingerprint density at radius 1 is 1.35 bits per heavy atom. The fraction of sp³-hybridized carbons (Fsp3) is 0.278. The van der Waals surface area contributed by atoms with Crippen LogP contribution in [0.3, 0.4) is 0 Å². The van der Waals surface area contributed by atoms with E-state index in [0.29, 0.717) is 36.5 Å². The van der Waals surface area contributed by atoms with Crippen LogP contribution in [0.15, 0.2) is 36.7 Å². The average Bonchev–Trinajstić information content (AvgIpc) is 3.11. The first-order valence-electron chi connectivity index (χ1n) is 8.36. The number of fused-ring (bicyclic) bond motifs is 2. The van der Waals surface area contributed by atoms with Crippen LogP contribution in [0.5, 0.6) is 11.5 Å². The molecule has 1 aromatic carbocycles. The summed E-state index contributed by atoms with van der Waals surface area (Å²) in [7, 11) is 0. The van der Waals surface area contributed by atoms with E-state index < -0.39 is 5.97 Å². The van der Waals surface area contributed by atoms with Gasteiger partial charge in [-0.1, -0.05) is 12.1 Å². The average molecular weight is 354 g/mol. The first kappa shape index (κ1) is 16.2. The molecule has 0 radical (unpaired) electrons. The molecule has 0 bridgehead atoms. The van der Waals surface area contributed by atoms with Gasteiger partial charge in [-0.2, -0.15) is 0 Å². The van der Waals surface area contributed by atoms with Gasteiger partial charge < -0.3 is 24.5 Å². The molecule has 8 nitrogen and oxygen atoms in total. The van der Waals surface area contributed by atoms with Gasteiger partial charge in [-0.05, 0) is 25.1 Å².